The zero-order valence-corrected chi connectivity index (χ0v) is 7.63. The number of carboxylic acids is 1. The summed E-state index contributed by atoms with van der Waals surface area (Å²) in [6.45, 7) is 0. The van der Waals surface area contributed by atoms with Crippen LogP contribution >= 0.6 is 15.9 Å². The Morgan fingerprint density at radius 3 is 2.42 bits per heavy atom. The van der Waals surface area contributed by atoms with Gasteiger partial charge in [0.1, 0.15) is 5.56 Å². The third kappa shape index (κ3) is 1.35. The fourth-order valence-corrected chi connectivity index (χ4v) is 1.18. The number of halogens is 1. The molecule has 0 spiro atoms. The van der Waals surface area contributed by atoms with Crippen molar-refractivity contribution in [2.75, 3.05) is 11.5 Å². The first-order valence-corrected chi connectivity index (χ1v) is 3.90. The van der Waals surface area contributed by atoms with Crippen LogP contribution in [0.1, 0.15) is 10.4 Å². The van der Waals surface area contributed by atoms with E-state index in [0.717, 1.165) is 0 Å². The van der Waals surface area contributed by atoms with Crippen molar-refractivity contribution in [3.05, 3.63) is 22.2 Å². The van der Waals surface area contributed by atoms with Gasteiger partial charge in [0, 0.05) is 10.2 Å². The summed E-state index contributed by atoms with van der Waals surface area (Å²) in [6.07, 6.45) is 0. The molecule has 0 bridgehead atoms. The van der Waals surface area contributed by atoms with E-state index in [1.54, 1.807) is 6.07 Å². The van der Waals surface area contributed by atoms with E-state index in [9.17, 15) is 4.79 Å². The number of carbonyl (C=O) groups is 1. The third-order valence-electron chi connectivity index (χ3n) is 1.44. The normalized spacial score (nSPS) is 9.75. The molecule has 64 valence electrons. The summed E-state index contributed by atoms with van der Waals surface area (Å²) in [5.74, 6) is -1.12. The maximum atomic E-state index is 10.6. The number of nitrogen functional groups attached to an aromatic ring is 2. The molecule has 12 heavy (non-hydrogen) atoms. The van der Waals surface area contributed by atoms with E-state index in [-0.39, 0.29) is 16.9 Å². The van der Waals surface area contributed by atoms with E-state index in [4.69, 9.17) is 16.6 Å². The molecule has 0 aliphatic rings. The maximum Gasteiger partial charge on any atom is 0.339 e. The van der Waals surface area contributed by atoms with E-state index in [1.807, 2.05) is 0 Å². The van der Waals surface area contributed by atoms with Gasteiger partial charge in [-0.25, -0.2) is 4.79 Å². The molecule has 0 fully saturated rings. The molecule has 0 atom stereocenters. The van der Waals surface area contributed by atoms with Crippen LogP contribution in [-0.4, -0.2) is 11.1 Å². The highest BCUT2D eigenvalue weighted by Gasteiger charge is 2.13. The van der Waals surface area contributed by atoms with E-state index < -0.39 is 5.97 Å². The van der Waals surface area contributed by atoms with Crippen LogP contribution in [-0.2, 0) is 0 Å². The monoisotopic (exact) mass is 230 g/mol. The highest BCUT2D eigenvalue weighted by molar-refractivity contribution is 9.10. The van der Waals surface area contributed by atoms with Crippen LogP contribution in [0.15, 0.2) is 16.6 Å². The van der Waals surface area contributed by atoms with Gasteiger partial charge < -0.3 is 16.6 Å². The second-order valence-corrected chi connectivity index (χ2v) is 3.08. The molecule has 0 aliphatic carbocycles. The predicted octanol–water partition coefficient (Wildman–Crippen LogP) is 1.31. The summed E-state index contributed by atoms with van der Waals surface area (Å²) in [5, 5.41) is 8.69. The first-order valence-electron chi connectivity index (χ1n) is 3.10. The standard InChI is InChI=1S/C7H7BrN2O2/c8-3-1-2-4(9)5(6(3)10)7(11)12/h1-2H,9-10H2,(H,11,12). The highest BCUT2D eigenvalue weighted by Crippen LogP contribution is 2.27. The number of nitrogens with two attached hydrogens (primary N) is 2. The average molecular weight is 231 g/mol. The van der Waals surface area contributed by atoms with Gasteiger partial charge in [-0.2, -0.15) is 0 Å². The summed E-state index contributed by atoms with van der Waals surface area (Å²) >= 11 is 3.10. The van der Waals surface area contributed by atoms with Crippen LogP contribution in [0.2, 0.25) is 0 Å². The lowest BCUT2D eigenvalue weighted by atomic mass is 10.1. The van der Waals surface area contributed by atoms with Crippen LogP contribution in [0.4, 0.5) is 11.4 Å². The van der Waals surface area contributed by atoms with Gasteiger partial charge in [-0.05, 0) is 28.1 Å². The van der Waals surface area contributed by atoms with Crippen LogP contribution in [0, 0.1) is 0 Å². The number of carboxylic acid groups (broad SMARTS) is 1. The van der Waals surface area contributed by atoms with E-state index in [2.05, 4.69) is 15.9 Å². The minimum Gasteiger partial charge on any atom is -0.478 e. The van der Waals surface area contributed by atoms with Gasteiger partial charge in [0.2, 0.25) is 0 Å². The Labute approximate surface area is 77.3 Å². The smallest absolute Gasteiger partial charge is 0.339 e. The van der Waals surface area contributed by atoms with Crippen molar-refractivity contribution in [3.63, 3.8) is 0 Å². The topological polar surface area (TPSA) is 89.3 Å². The fraction of sp³-hybridized carbons (Fsp3) is 0. The van der Waals surface area contributed by atoms with E-state index >= 15 is 0 Å². The van der Waals surface area contributed by atoms with Crippen molar-refractivity contribution in [1.82, 2.24) is 0 Å². The van der Waals surface area contributed by atoms with Crippen molar-refractivity contribution < 1.29 is 9.90 Å². The summed E-state index contributed by atoms with van der Waals surface area (Å²) in [6, 6.07) is 3.10. The number of anilines is 2. The van der Waals surface area contributed by atoms with Gasteiger partial charge >= 0.3 is 5.97 Å². The van der Waals surface area contributed by atoms with Gasteiger partial charge in [-0.3, -0.25) is 0 Å². The van der Waals surface area contributed by atoms with E-state index in [1.165, 1.54) is 6.07 Å². The minimum absolute atomic E-state index is 0.0515. The molecular weight excluding hydrogens is 224 g/mol. The highest BCUT2D eigenvalue weighted by atomic mass is 79.9. The number of benzene rings is 1. The van der Waals surface area contributed by atoms with Gasteiger partial charge in [0.25, 0.3) is 0 Å². The van der Waals surface area contributed by atoms with Crippen LogP contribution < -0.4 is 11.5 Å². The predicted molar refractivity (Wildman–Crippen MR) is 49.9 cm³/mol. The molecule has 0 aromatic heterocycles. The molecule has 0 unspecified atom stereocenters. The number of rotatable bonds is 1. The Balaban J connectivity index is 3.43. The lowest BCUT2D eigenvalue weighted by Gasteiger charge is -2.05. The summed E-state index contributed by atoms with van der Waals surface area (Å²) < 4.78 is 0.536. The maximum absolute atomic E-state index is 10.6. The van der Waals surface area contributed by atoms with Gasteiger partial charge in [-0.1, -0.05) is 0 Å². The molecule has 5 heteroatoms. The Bertz CT molecular complexity index is 338. The third-order valence-corrected chi connectivity index (χ3v) is 2.13. The van der Waals surface area contributed by atoms with Gasteiger partial charge in [0.05, 0.1) is 5.69 Å². The van der Waals surface area contributed by atoms with Crippen LogP contribution in [0.3, 0.4) is 0 Å². The number of hydrogen-bond donors (Lipinski definition) is 3. The number of hydrogen-bond acceptors (Lipinski definition) is 3. The molecule has 0 radical (unpaired) electrons. The largest absolute Gasteiger partial charge is 0.478 e. The SMILES string of the molecule is Nc1ccc(Br)c(N)c1C(=O)O. The molecular formula is C7H7BrN2O2. The molecule has 1 aromatic carbocycles. The Morgan fingerprint density at radius 2 is 2.00 bits per heavy atom. The van der Waals surface area contributed by atoms with Crippen molar-refractivity contribution in [2.45, 2.75) is 0 Å². The molecule has 0 heterocycles. The molecule has 1 rings (SSSR count). The summed E-state index contributed by atoms with van der Waals surface area (Å²) in [5.41, 5.74) is 11.2. The van der Waals surface area contributed by atoms with E-state index in [0.29, 0.717) is 4.47 Å². The molecule has 0 amide bonds. The molecule has 5 N–H and O–H groups in total. The zero-order chi connectivity index (χ0) is 9.30. The first kappa shape index (κ1) is 8.86. The van der Waals surface area contributed by atoms with Crippen molar-refractivity contribution in [3.8, 4) is 0 Å². The lowest BCUT2D eigenvalue weighted by molar-refractivity contribution is 0.0699. The zero-order valence-electron chi connectivity index (χ0n) is 6.04. The quantitative estimate of drug-likeness (QED) is 0.635. The molecule has 0 aliphatic heterocycles. The van der Waals surface area contributed by atoms with Crippen molar-refractivity contribution in [1.29, 1.82) is 0 Å². The lowest BCUT2D eigenvalue weighted by Crippen LogP contribution is -2.07. The Hall–Kier alpha value is -1.23. The molecule has 1 aromatic rings. The van der Waals surface area contributed by atoms with Crippen molar-refractivity contribution >= 4 is 33.3 Å². The van der Waals surface area contributed by atoms with Crippen LogP contribution in [0.25, 0.3) is 0 Å². The minimum atomic E-state index is -1.12. The molecule has 0 saturated carbocycles. The Kier molecular flexibility index (Phi) is 2.23. The average Bonchev–Trinajstić information content (AvgIpc) is 1.97. The summed E-state index contributed by atoms with van der Waals surface area (Å²) in [7, 11) is 0. The number of aromatic carboxylic acids is 1. The van der Waals surface area contributed by atoms with Gasteiger partial charge in [-0.15, -0.1) is 0 Å². The second kappa shape index (κ2) is 3.02. The second-order valence-electron chi connectivity index (χ2n) is 2.23. The van der Waals surface area contributed by atoms with Crippen LogP contribution in [0.5, 0.6) is 0 Å². The molecule has 0 saturated heterocycles. The molecule has 4 nitrogen and oxygen atoms in total. The summed E-state index contributed by atoms with van der Waals surface area (Å²) in [4.78, 5) is 10.6. The Morgan fingerprint density at radius 1 is 1.42 bits per heavy atom. The fourth-order valence-electron chi connectivity index (χ4n) is 0.850. The van der Waals surface area contributed by atoms with Gasteiger partial charge in [0.15, 0.2) is 0 Å². The van der Waals surface area contributed by atoms with Crippen molar-refractivity contribution in [2.24, 2.45) is 0 Å². The first-order chi connectivity index (χ1) is 5.54.